The van der Waals surface area contributed by atoms with Crippen LogP contribution in [0.3, 0.4) is 0 Å². The summed E-state index contributed by atoms with van der Waals surface area (Å²) >= 11 is 6.56. The van der Waals surface area contributed by atoms with Crippen molar-refractivity contribution in [3.8, 4) is 0 Å². The zero-order chi connectivity index (χ0) is 20.5. The van der Waals surface area contributed by atoms with E-state index >= 15 is 0 Å². The molecule has 1 rings (SSSR count). The lowest BCUT2D eigenvalue weighted by atomic mass is 9.83. The molecular formula is C22H39ClO4. The molecular weight excluding hydrogens is 364 g/mol. The molecule has 1 aliphatic rings. The second-order valence-corrected chi connectivity index (χ2v) is 9.61. The van der Waals surface area contributed by atoms with Gasteiger partial charge >= 0.3 is 5.97 Å². The fourth-order valence-corrected chi connectivity index (χ4v) is 4.45. The summed E-state index contributed by atoms with van der Waals surface area (Å²) in [7, 11) is 0. The largest absolute Gasteiger partial charge is 0.477 e. The first-order valence-electron chi connectivity index (χ1n) is 10.6. The van der Waals surface area contributed by atoms with E-state index in [1.165, 1.54) is 19.3 Å². The summed E-state index contributed by atoms with van der Waals surface area (Å²) in [5.74, 6) is -3.17. The zero-order valence-electron chi connectivity index (χ0n) is 17.3. The maximum atomic E-state index is 10.7. The van der Waals surface area contributed by atoms with E-state index < -0.39 is 11.8 Å². The van der Waals surface area contributed by atoms with Gasteiger partial charge in [0.2, 0.25) is 0 Å². The third-order valence-electron chi connectivity index (χ3n) is 5.95. The Morgan fingerprint density at radius 1 is 1.11 bits per heavy atom. The fraction of sp³-hybridized carbons (Fsp3) is 0.864. The number of carbonyl (C=O) groups is 1. The first-order valence-corrected chi connectivity index (χ1v) is 11.0. The lowest BCUT2D eigenvalue weighted by Crippen LogP contribution is -2.37. The number of carboxylic acid groups (broad SMARTS) is 1. The SMILES string of the molecule is CCCCC(C)(C)C/C=C/[C@@H]1[C@@H](CCCCCC(O)(O)C(=O)O)CC[C@H]1Cl. The van der Waals surface area contributed by atoms with Gasteiger partial charge < -0.3 is 15.3 Å². The van der Waals surface area contributed by atoms with E-state index in [0.29, 0.717) is 23.7 Å². The smallest absolute Gasteiger partial charge is 0.364 e. The Hall–Kier alpha value is -0.580. The third-order valence-corrected chi connectivity index (χ3v) is 6.46. The van der Waals surface area contributed by atoms with Gasteiger partial charge in [-0.2, -0.15) is 0 Å². The second-order valence-electron chi connectivity index (χ2n) is 9.05. The molecule has 0 bridgehead atoms. The highest BCUT2D eigenvalue weighted by Crippen LogP contribution is 2.40. The van der Waals surface area contributed by atoms with Crippen molar-refractivity contribution in [2.24, 2.45) is 17.3 Å². The number of carboxylic acids is 1. The van der Waals surface area contributed by atoms with Crippen molar-refractivity contribution in [2.45, 2.75) is 103 Å². The molecule has 0 saturated heterocycles. The fourth-order valence-electron chi connectivity index (χ4n) is 4.03. The molecule has 0 unspecified atom stereocenters. The number of aliphatic carboxylic acids is 1. The Labute approximate surface area is 170 Å². The van der Waals surface area contributed by atoms with Gasteiger partial charge in [-0.25, -0.2) is 4.79 Å². The molecule has 5 heteroatoms. The van der Waals surface area contributed by atoms with E-state index in [0.717, 1.165) is 38.5 Å². The van der Waals surface area contributed by atoms with Crippen LogP contribution < -0.4 is 0 Å². The quantitative estimate of drug-likeness (QED) is 0.164. The molecule has 158 valence electrons. The maximum absolute atomic E-state index is 10.7. The van der Waals surface area contributed by atoms with Gasteiger partial charge in [-0.3, -0.25) is 0 Å². The molecule has 0 aromatic carbocycles. The van der Waals surface area contributed by atoms with Crippen LogP contribution in [0.2, 0.25) is 0 Å². The van der Waals surface area contributed by atoms with E-state index in [-0.39, 0.29) is 11.8 Å². The molecule has 0 aromatic heterocycles. The predicted molar refractivity (Wildman–Crippen MR) is 111 cm³/mol. The number of aliphatic hydroxyl groups is 2. The Balaban J connectivity index is 2.38. The molecule has 4 nitrogen and oxygen atoms in total. The van der Waals surface area contributed by atoms with Gasteiger partial charge in [0.25, 0.3) is 5.79 Å². The van der Waals surface area contributed by atoms with Gasteiger partial charge in [-0.05, 0) is 55.8 Å². The molecule has 1 aliphatic carbocycles. The van der Waals surface area contributed by atoms with Crippen molar-refractivity contribution >= 4 is 17.6 Å². The molecule has 1 fully saturated rings. The van der Waals surface area contributed by atoms with Crippen LogP contribution in [0.25, 0.3) is 0 Å². The molecule has 1 saturated carbocycles. The molecule has 0 radical (unpaired) electrons. The standard InChI is InChI=1S/C22H39ClO4/c1-4-5-14-21(2,3)15-9-11-18-17(12-13-19(18)23)10-7-6-8-16-22(26,27)20(24)25/h9,11,17-19,26-27H,4-8,10,12-16H2,1-3H3,(H,24,25)/b11-9+/t17-,18+,19+/m0/s1. The monoisotopic (exact) mass is 402 g/mol. The van der Waals surface area contributed by atoms with Crippen molar-refractivity contribution < 1.29 is 20.1 Å². The summed E-state index contributed by atoms with van der Waals surface area (Å²) in [6.45, 7) is 6.89. The molecule has 0 amide bonds. The highest BCUT2D eigenvalue weighted by atomic mass is 35.5. The summed E-state index contributed by atoms with van der Waals surface area (Å²) in [6, 6.07) is 0. The Morgan fingerprint density at radius 3 is 2.44 bits per heavy atom. The third kappa shape index (κ3) is 8.97. The minimum atomic E-state index is -2.59. The normalized spacial score (nSPS) is 24.0. The lowest BCUT2D eigenvalue weighted by Gasteiger charge is -2.23. The van der Waals surface area contributed by atoms with Gasteiger partial charge in [0.05, 0.1) is 0 Å². The number of unbranched alkanes of at least 4 members (excludes halogenated alkanes) is 3. The van der Waals surface area contributed by atoms with Crippen LogP contribution in [0.4, 0.5) is 0 Å². The van der Waals surface area contributed by atoms with E-state index in [1.807, 2.05) is 0 Å². The van der Waals surface area contributed by atoms with Crippen LogP contribution in [0, 0.1) is 17.3 Å². The number of hydrogen-bond acceptors (Lipinski definition) is 3. The minimum Gasteiger partial charge on any atom is -0.477 e. The lowest BCUT2D eigenvalue weighted by molar-refractivity contribution is -0.205. The van der Waals surface area contributed by atoms with Crippen molar-refractivity contribution in [1.29, 1.82) is 0 Å². The molecule has 0 spiro atoms. The Morgan fingerprint density at radius 2 is 1.81 bits per heavy atom. The number of allylic oxidation sites excluding steroid dienone is 2. The summed E-state index contributed by atoms with van der Waals surface area (Å²) in [5, 5.41) is 27.6. The average Bonchev–Trinajstić information content (AvgIpc) is 2.93. The van der Waals surface area contributed by atoms with Gasteiger partial charge in [-0.15, -0.1) is 11.6 Å². The van der Waals surface area contributed by atoms with E-state index in [2.05, 4.69) is 32.9 Å². The average molecular weight is 403 g/mol. The van der Waals surface area contributed by atoms with Gasteiger partial charge in [0, 0.05) is 11.8 Å². The highest BCUT2D eigenvalue weighted by molar-refractivity contribution is 6.21. The van der Waals surface area contributed by atoms with E-state index in [9.17, 15) is 15.0 Å². The number of halogens is 1. The zero-order valence-corrected chi connectivity index (χ0v) is 18.0. The molecule has 27 heavy (non-hydrogen) atoms. The molecule has 3 N–H and O–H groups in total. The summed E-state index contributed by atoms with van der Waals surface area (Å²) < 4.78 is 0. The van der Waals surface area contributed by atoms with Gasteiger partial charge in [-0.1, -0.05) is 58.6 Å². The number of alkyl halides is 1. The Kier molecular flexibility index (Phi) is 10.4. The number of hydrogen-bond donors (Lipinski definition) is 3. The first-order chi connectivity index (χ1) is 12.6. The van der Waals surface area contributed by atoms with Crippen molar-refractivity contribution in [2.75, 3.05) is 0 Å². The predicted octanol–water partition coefficient (Wildman–Crippen LogP) is 5.50. The maximum Gasteiger partial charge on any atom is 0.364 e. The second kappa shape index (κ2) is 11.4. The molecule has 3 atom stereocenters. The summed E-state index contributed by atoms with van der Waals surface area (Å²) in [6.07, 6.45) is 14.9. The van der Waals surface area contributed by atoms with Crippen LogP contribution in [0.5, 0.6) is 0 Å². The number of rotatable bonds is 13. The Bertz CT molecular complexity index is 473. The highest BCUT2D eigenvalue weighted by Gasteiger charge is 2.34. The van der Waals surface area contributed by atoms with Crippen LogP contribution in [-0.2, 0) is 4.79 Å². The van der Waals surface area contributed by atoms with Crippen molar-refractivity contribution in [1.82, 2.24) is 0 Å². The van der Waals surface area contributed by atoms with Crippen LogP contribution in [-0.4, -0.2) is 32.5 Å². The van der Waals surface area contributed by atoms with Crippen molar-refractivity contribution in [3.63, 3.8) is 0 Å². The molecule has 0 heterocycles. The summed E-state index contributed by atoms with van der Waals surface area (Å²) in [5.41, 5.74) is 0.341. The van der Waals surface area contributed by atoms with Gasteiger partial charge in [0.15, 0.2) is 0 Å². The molecule has 0 aliphatic heterocycles. The first kappa shape index (κ1) is 24.5. The van der Waals surface area contributed by atoms with Crippen LogP contribution in [0.15, 0.2) is 12.2 Å². The molecule has 0 aromatic rings. The van der Waals surface area contributed by atoms with E-state index in [1.54, 1.807) is 0 Å². The minimum absolute atomic E-state index is 0.124. The van der Waals surface area contributed by atoms with Crippen LogP contribution in [0.1, 0.15) is 91.4 Å². The van der Waals surface area contributed by atoms with E-state index in [4.69, 9.17) is 16.7 Å². The summed E-state index contributed by atoms with van der Waals surface area (Å²) in [4.78, 5) is 10.7. The van der Waals surface area contributed by atoms with Crippen molar-refractivity contribution in [3.05, 3.63) is 12.2 Å². The van der Waals surface area contributed by atoms with Crippen LogP contribution >= 0.6 is 11.6 Å². The van der Waals surface area contributed by atoms with Gasteiger partial charge in [0.1, 0.15) is 0 Å². The topological polar surface area (TPSA) is 77.8 Å².